The largest absolute Gasteiger partial charge is 0.484 e. The van der Waals surface area contributed by atoms with Crippen LogP contribution >= 0.6 is 0 Å². The molecule has 7 nitrogen and oxygen atoms in total. The topological polar surface area (TPSA) is 104 Å². The number of likely N-dealkylation sites (tertiary alicyclic amines) is 1. The van der Waals surface area contributed by atoms with E-state index in [1.807, 2.05) is 0 Å². The second kappa shape index (κ2) is 7.23. The molecule has 0 unspecified atom stereocenters. The molecular formula is C16H19NO6. The molecule has 124 valence electrons. The molecule has 2 N–H and O–H groups in total. The van der Waals surface area contributed by atoms with E-state index >= 15 is 0 Å². The van der Waals surface area contributed by atoms with Crippen LogP contribution in [0.3, 0.4) is 0 Å². The van der Waals surface area contributed by atoms with Crippen molar-refractivity contribution in [3.63, 3.8) is 0 Å². The van der Waals surface area contributed by atoms with E-state index < -0.39 is 24.0 Å². The van der Waals surface area contributed by atoms with Crippen molar-refractivity contribution in [3.05, 3.63) is 29.8 Å². The van der Waals surface area contributed by atoms with Gasteiger partial charge in [0.05, 0.1) is 6.10 Å². The summed E-state index contributed by atoms with van der Waals surface area (Å²) >= 11 is 0. The van der Waals surface area contributed by atoms with Gasteiger partial charge in [0, 0.05) is 24.9 Å². The van der Waals surface area contributed by atoms with Crippen LogP contribution in [0.5, 0.6) is 5.75 Å². The molecule has 1 aliphatic heterocycles. The predicted octanol–water partition coefficient (Wildman–Crippen LogP) is 0.704. The van der Waals surface area contributed by atoms with Crippen LogP contribution in [0.1, 0.15) is 30.1 Å². The second-order valence-corrected chi connectivity index (χ2v) is 5.38. The molecule has 2 atom stereocenters. The summed E-state index contributed by atoms with van der Waals surface area (Å²) in [5.41, 5.74) is 0.569. The smallest absolute Gasteiger partial charge is 0.326 e. The number of carboxylic acid groups (broad SMARTS) is 1. The number of Topliss-reactive ketones (excluding diaryl/α,β-unsaturated/α-hetero) is 1. The van der Waals surface area contributed by atoms with Crippen LogP contribution in [-0.2, 0) is 9.59 Å². The summed E-state index contributed by atoms with van der Waals surface area (Å²) in [5, 5.41) is 18.6. The second-order valence-electron chi connectivity index (χ2n) is 5.38. The first-order valence-corrected chi connectivity index (χ1v) is 7.38. The van der Waals surface area contributed by atoms with Gasteiger partial charge in [0.2, 0.25) is 0 Å². The van der Waals surface area contributed by atoms with E-state index in [4.69, 9.17) is 9.84 Å². The van der Waals surface area contributed by atoms with Crippen molar-refractivity contribution in [3.8, 4) is 5.75 Å². The zero-order valence-corrected chi connectivity index (χ0v) is 12.8. The van der Waals surface area contributed by atoms with Crippen molar-refractivity contribution in [2.24, 2.45) is 0 Å². The Morgan fingerprint density at radius 2 is 1.91 bits per heavy atom. The minimum Gasteiger partial charge on any atom is -0.484 e. The normalized spacial score (nSPS) is 20.3. The average Bonchev–Trinajstić information content (AvgIpc) is 2.94. The molecule has 0 radical (unpaired) electrons. The Hall–Kier alpha value is -2.41. The highest BCUT2D eigenvalue weighted by atomic mass is 16.5. The number of amides is 1. The summed E-state index contributed by atoms with van der Waals surface area (Å²) < 4.78 is 5.33. The molecule has 1 aliphatic rings. The molecule has 0 aliphatic carbocycles. The quantitative estimate of drug-likeness (QED) is 0.748. The van der Waals surface area contributed by atoms with E-state index in [2.05, 4.69) is 0 Å². The lowest BCUT2D eigenvalue weighted by Crippen LogP contribution is -2.42. The van der Waals surface area contributed by atoms with E-state index in [0.717, 1.165) is 4.90 Å². The number of aliphatic hydroxyl groups is 1. The van der Waals surface area contributed by atoms with Crippen LogP contribution < -0.4 is 4.74 Å². The van der Waals surface area contributed by atoms with Crippen LogP contribution in [0, 0.1) is 0 Å². The van der Waals surface area contributed by atoms with Crippen LogP contribution in [-0.4, -0.2) is 58.1 Å². The standard InChI is InChI=1S/C16H19NO6/c1-2-14(19)10-3-5-12(6-4-10)23-9-15(20)17-8-11(18)7-13(17)16(21)22/h3-6,11,13,18H,2,7-9H2,1H3,(H,21,22)/t11-,13+/m0/s1. The van der Waals surface area contributed by atoms with E-state index in [-0.39, 0.29) is 25.4 Å². The summed E-state index contributed by atoms with van der Waals surface area (Å²) in [6.07, 6.45) is -0.402. The summed E-state index contributed by atoms with van der Waals surface area (Å²) in [6.45, 7) is 1.44. The van der Waals surface area contributed by atoms with Gasteiger partial charge in [-0.25, -0.2) is 4.79 Å². The summed E-state index contributed by atoms with van der Waals surface area (Å²) in [4.78, 5) is 35.8. The Kier molecular flexibility index (Phi) is 5.33. The minimum absolute atomic E-state index is 0.0108. The van der Waals surface area contributed by atoms with Crippen molar-refractivity contribution < 1.29 is 29.3 Å². The molecule has 1 saturated heterocycles. The van der Waals surface area contributed by atoms with Crippen molar-refractivity contribution in [1.82, 2.24) is 4.90 Å². The van der Waals surface area contributed by atoms with E-state index in [1.165, 1.54) is 0 Å². The van der Waals surface area contributed by atoms with Gasteiger partial charge in [0.15, 0.2) is 12.4 Å². The number of hydrogen-bond donors (Lipinski definition) is 2. The Balaban J connectivity index is 1.93. The molecule has 1 aromatic rings. The van der Waals surface area contributed by atoms with E-state index in [9.17, 15) is 19.5 Å². The summed E-state index contributed by atoms with van der Waals surface area (Å²) in [6, 6.07) is 5.38. The molecule has 1 aromatic carbocycles. The molecule has 7 heteroatoms. The van der Waals surface area contributed by atoms with E-state index in [1.54, 1.807) is 31.2 Å². The third-order valence-corrected chi connectivity index (χ3v) is 3.74. The van der Waals surface area contributed by atoms with Crippen LogP contribution in [0.15, 0.2) is 24.3 Å². The number of carbonyl (C=O) groups is 3. The molecule has 1 heterocycles. The van der Waals surface area contributed by atoms with Crippen LogP contribution in [0.2, 0.25) is 0 Å². The first kappa shape index (κ1) is 17.0. The third-order valence-electron chi connectivity index (χ3n) is 3.74. The summed E-state index contributed by atoms with van der Waals surface area (Å²) in [5.74, 6) is -1.21. The highest BCUT2D eigenvalue weighted by Crippen LogP contribution is 2.19. The molecule has 1 fully saturated rings. The molecule has 0 bridgehead atoms. The molecular weight excluding hydrogens is 302 g/mol. The third kappa shape index (κ3) is 4.07. The minimum atomic E-state index is -1.14. The predicted molar refractivity (Wildman–Crippen MR) is 80.3 cm³/mol. The van der Waals surface area contributed by atoms with Gasteiger partial charge in [0.25, 0.3) is 5.91 Å². The number of ketones is 1. The zero-order valence-electron chi connectivity index (χ0n) is 12.8. The van der Waals surface area contributed by atoms with Crippen molar-refractivity contribution >= 4 is 17.7 Å². The number of rotatable bonds is 6. The highest BCUT2D eigenvalue weighted by Gasteiger charge is 2.38. The maximum absolute atomic E-state index is 12.1. The fourth-order valence-electron chi connectivity index (χ4n) is 2.49. The zero-order chi connectivity index (χ0) is 17.0. The monoisotopic (exact) mass is 321 g/mol. The average molecular weight is 321 g/mol. The molecule has 0 spiro atoms. The Morgan fingerprint density at radius 3 is 2.48 bits per heavy atom. The lowest BCUT2D eigenvalue weighted by atomic mass is 10.1. The number of nitrogens with zero attached hydrogens (tertiary/aromatic N) is 1. The lowest BCUT2D eigenvalue weighted by Gasteiger charge is -2.21. The maximum atomic E-state index is 12.1. The van der Waals surface area contributed by atoms with Gasteiger partial charge in [-0.3, -0.25) is 9.59 Å². The Morgan fingerprint density at radius 1 is 1.26 bits per heavy atom. The fraction of sp³-hybridized carbons (Fsp3) is 0.438. The number of aliphatic carboxylic acids is 1. The van der Waals surface area contributed by atoms with Gasteiger partial charge < -0.3 is 19.8 Å². The number of carboxylic acids is 1. The Labute approximate surface area is 133 Å². The summed E-state index contributed by atoms with van der Waals surface area (Å²) in [7, 11) is 0. The number of aliphatic hydroxyl groups excluding tert-OH is 1. The fourth-order valence-corrected chi connectivity index (χ4v) is 2.49. The molecule has 23 heavy (non-hydrogen) atoms. The SMILES string of the molecule is CCC(=O)c1ccc(OCC(=O)N2C[C@@H](O)C[C@@H]2C(=O)O)cc1. The van der Waals surface area contributed by atoms with Crippen LogP contribution in [0.25, 0.3) is 0 Å². The van der Waals surface area contributed by atoms with E-state index in [0.29, 0.717) is 17.7 Å². The number of ether oxygens (including phenoxy) is 1. The molecule has 0 saturated carbocycles. The molecule has 2 rings (SSSR count). The maximum Gasteiger partial charge on any atom is 0.326 e. The lowest BCUT2D eigenvalue weighted by molar-refractivity contribution is -0.148. The first-order chi connectivity index (χ1) is 10.9. The number of carbonyl (C=O) groups excluding carboxylic acids is 2. The van der Waals surface area contributed by atoms with Gasteiger partial charge in [-0.15, -0.1) is 0 Å². The van der Waals surface area contributed by atoms with Crippen molar-refractivity contribution in [2.75, 3.05) is 13.2 Å². The number of benzene rings is 1. The highest BCUT2D eigenvalue weighted by molar-refractivity contribution is 5.95. The number of β-amino-alcohol motifs (C(OH)–C–C–N with tert-alkyl or cyclic N) is 1. The van der Waals surface area contributed by atoms with Crippen LogP contribution in [0.4, 0.5) is 0 Å². The first-order valence-electron chi connectivity index (χ1n) is 7.38. The van der Waals surface area contributed by atoms with Gasteiger partial charge in [-0.05, 0) is 24.3 Å². The van der Waals surface area contributed by atoms with Gasteiger partial charge >= 0.3 is 5.97 Å². The van der Waals surface area contributed by atoms with Crippen molar-refractivity contribution in [2.45, 2.75) is 31.9 Å². The molecule has 0 aromatic heterocycles. The van der Waals surface area contributed by atoms with Crippen molar-refractivity contribution in [1.29, 1.82) is 0 Å². The Bertz CT molecular complexity index is 597. The van der Waals surface area contributed by atoms with Gasteiger partial charge in [-0.1, -0.05) is 6.92 Å². The molecule has 1 amide bonds. The van der Waals surface area contributed by atoms with Gasteiger partial charge in [0.1, 0.15) is 11.8 Å². The number of hydrogen-bond acceptors (Lipinski definition) is 5. The van der Waals surface area contributed by atoms with Gasteiger partial charge in [-0.2, -0.15) is 0 Å².